The summed E-state index contributed by atoms with van der Waals surface area (Å²) >= 11 is 0. The van der Waals surface area contributed by atoms with Crippen LogP contribution < -0.4 is 10.1 Å². The lowest BCUT2D eigenvalue weighted by molar-refractivity contribution is -0.129. The molecule has 42 heavy (non-hydrogen) atoms. The van der Waals surface area contributed by atoms with Crippen molar-refractivity contribution >= 4 is 38.7 Å². The molecule has 1 aliphatic heterocycles. The second-order valence-electron chi connectivity index (χ2n) is 9.33. The van der Waals surface area contributed by atoms with Gasteiger partial charge in [0.05, 0.1) is 30.8 Å². The van der Waals surface area contributed by atoms with Crippen LogP contribution in [0.3, 0.4) is 0 Å². The van der Waals surface area contributed by atoms with Crippen molar-refractivity contribution in [2.45, 2.75) is 37.9 Å². The molecule has 226 valence electrons. The van der Waals surface area contributed by atoms with Gasteiger partial charge in [-0.25, -0.2) is 18.2 Å². The van der Waals surface area contributed by atoms with Crippen molar-refractivity contribution in [2.75, 3.05) is 32.1 Å². The molecule has 0 unspecified atom stereocenters. The van der Waals surface area contributed by atoms with Crippen LogP contribution in [-0.4, -0.2) is 86.9 Å². The Hall–Kier alpha value is -4.11. The van der Waals surface area contributed by atoms with Crippen molar-refractivity contribution in [1.29, 1.82) is 0 Å². The van der Waals surface area contributed by atoms with E-state index in [1.165, 1.54) is 29.2 Å². The maximum Gasteiger partial charge on any atom is 0.410 e. The van der Waals surface area contributed by atoms with E-state index in [9.17, 15) is 31.6 Å². The summed E-state index contributed by atoms with van der Waals surface area (Å²) in [5, 5.41) is 2.44. The normalized spacial score (nSPS) is 15.3. The zero-order valence-electron chi connectivity index (χ0n) is 22.5. The number of nitrogens with one attached hydrogen (secondary N) is 1. The van der Waals surface area contributed by atoms with E-state index >= 15 is 0 Å². The van der Waals surface area contributed by atoms with Crippen molar-refractivity contribution in [3.8, 4) is 5.75 Å². The van der Waals surface area contributed by atoms with Crippen molar-refractivity contribution in [3.05, 3.63) is 60.0 Å². The first-order chi connectivity index (χ1) is 20.1. The molecule has 1 aliphatic rings. The molecule has 1 N–H and O–H groups in total. The largest absolute Gasteiger partial charge is 0.435 e. The van der Waals surface area contributed by atoms with Crippen LogP contribution in [0.4, 0.5) is 13.6 Å². The zero-order chi connectivity index (χ0) is 30.3. The molecule has 2 aromatic carbocycles. The second-order valence-corrected chi connectivity index (χ2v) is 11.4. The minimum Gasteiger partial charge on any atom is -0.435 e. The zero-order valence-corrected chi connectivity index (χ0v) is 23.3. The number of ketones is 1. The fraction of sp³-hybridized carbons (Fsp3) is 0.407. The molecule has 1 fully saturated rings. The average Bonchev–Trinajstić information content (AvgIpc) is 3.40. The quantitative estimate of drug-likeness (QED) is 0.303. The van der Waals surface area contributed by atoms with Gasteiger partial charge >= 0.3 is 12.7 Å². The van der Waals surface area contributed by atoms with Crippen LogP contribution in [0.5, 0.6) is 5.75 Å². The minimum atomic E-state index is -4.27. The van der Waals surface area contributed by atoms with Crippen LogP contribution in [0, 0.1) is 0 Å². The fourth-order valence-corrected chi connectivity index (χ4v) is 5.72. The number of sulfone groups is 1. The van der Waals surface area contributed by atoms with E-state index in [1.807, 2.05) is 0 Å². The summed E-state index contributed by atoms with van der Waals surface area (Å²) in [6, 6.07) is 10.8. The third-order valence-electron chi connectivity index (χ3n) is 6.32. The lowest BCUT2D eigenvalue weighted by atomic mass is 10.1. The standard InChI is InChI=1S/C27H29F2N3O9S/c1-2-18(23(33)25-31-19-8-4-6-10-21(19)39-25)30-24(34)22(41-27(35)32-11-13-38-14-12-32)16-42(36,37)15-17-7-3-5-9-20(17)40-26(28)29/h3-10,18,22,26H,2,11-16H2,1H3,(H,30,34)/t18-,22-/m1/s1. The van der Waals surface area contributed by atoms with Crippen molar-refractivity contribution < 1.29 is 50.2 Å². The average molecular weight is 610 g/mol. The van der Waals surface area contributed by atoms with Crippen molar-refractivity contribution in [2.24, 2.45) is 0 Å². The third-order valence-corrected chi connectivity index (χ3v) is 7.88. The predicted molar refractivity (Wildman–Crippen MR) is 144 cm³/mol. The topological polar surface area (TPSA) is 154 Å². The minimum absolute atomic E-state index is 0.0750. The van der Waals surface area contributed by atoms with Gasteiger partial charge in [-0.2, -0.15) is 8.78 Å². The van der Waals surface area contributed by atoms with E-state index in [2.05, 4.69) is 15.0 Å². The first-order valence-corrected chi connectivity index (χ1v) is 14.8. The van der Waals surface area contributed by atoms with Crippen LogP contribution in [-0.2, 0) is 29.9 Å². The highest BCUT2D eigenvalue weighted by Gasteiger charge is 2.35. The number of nitrogens with zero attached hydrogens (tertiary/aromatic N) is 2. The molecular weight excluding hydrogens is 580 g/mol. The Labute approximate surface area is 239 Å². The van der Waals surface area contributed by atoms with Gasteiger partial charge in [-0.05, 0) is 24.6 Å². The number of Topliss-reactive ketones (excluding diaryl/α,β-unsaturated/α-hetero) is 1. The van der Waals surface area contributed by atoms with Crippen LogP contribution in [0.1, 0.15) is 29.6 Å². The highest BCUT2D eigenvalue weighted by atomic mass is 32.2. The maximum atomic E-state index is 13.4. The van der Waals surface area contributed by atoms with Gasteiger partial charge in [0, 0.05) is 18.7 Å². The molecule has 3 aromatic rings. The summed E-state index contributed by atoms with van der Waals surface area (Å²) in [4.78, 5) is 44.7. The number of aromatic nitrogens is 1. The van der Waals surface area contributed by atoms with E-state index in [4.69, 9.17) is 13.9 Å². The molecule has 0 aliphatic carbocycles. The molecule has 2 amide bonds. The van der Waals surface area contributed by atoms with Gasteiger partial charge in [-0.3, -0.25) is 9.59 Å². The van der Waals surface area contributed by atoms with Gasteiger partial charge in [0.15, 0.2) is 21.5 Å². The number of carbonyl (C=O) groups is 3. The molecule has 0 saturated carbocycles. The number of hydrogen-bond donors (Lipinski definition) is 1. The number of oxazole rings is 1. The SMILES string of the molecule is CC[C@@H](NC(=O)[C@@H](CS(=O)(=O)Cc1ccccc1OC(F)F)OC(=O)N1CCOCC1)C(=O)c1nc2ccccc2o1. The lowest BCUT2D eigenvalue weighted by Crippen LogP contribution is -2.51. The van der Waals surface area contributed by atoms with Crippen LogP contribution >= 0.6 is 0 Å². The molecule has 15 heteroatoms. The number of benzene rings is 2. The molecular formula is C27H29F2N3O9S. The smallest absolute Gasteiger partial charge is 0.410 e. The number of para-hydroxylation sites is 3. The molecule has 1 saturated heterocycles. The monoisotopic (exact) mass is 609 g/mol. The number of carbonyl (C=O) groups excluding carboxylic acids is 3. The van der Waals surface area contributed by atoms with Crippen molar-refractivity contribution in [1.82, 2.24) is 15.2 Å². The van der Waals surface area contributed by atoms with Gasteiger partial charge in [0.25, 0.3) is 11.8 Å². The number of ether oxygens (including phenoxy) is 3. The lowest BCUT2D eigenvalue weighted by Gasteiger charge is -2.28. The summed E-state index contributed by atoms with van der Waals surface area (Å²) < 4.78 is 72.5. The predicted octanol–water partition coefficient (Wildman–Crippen LogP) is 2.96. The number of morpholine rings is 1. The second kappa shape index (κ2) is 13.7. The molecule has 0 radical (unpaired) electrons. The number of alkyl halides is 2. The molecule has 0 spiro atoms. The Morgan fingerprint density at radius 2 is 1.76 bits per heavy atom. The Morgan fingerprint density at radius 3 is 2.45 bits per heavy atom. The van der Waals surface area contributed by atoms with Crippen LogP contribution in [0.2, 0.25) is 0 Å². The highest BCUT2D eigenvalue weighted by Crippen LogP contribution is 2.23. The Morgan fingerprint density at radius 1 is 1.07 bits per heavy atom. The maximum absolute atomic E-state index is 13.4. The summed E-state index contributed by atoms with van der Waals surface area (Å²) in [5.41, 5.74) is 0.720. The highest BCUT2D eigenvalue weighted by molar-refractivity contribution is 7.90. The first-order valence-electron chi connectivity index (χ1n) is 13.0. The third kappa shape index (κ3) is 8.00. The summed E-state index contributed by atoms with van der Waals surface area (Å²) in [5.74, 6) is -4.10. The van der Waals surface area contributed by atoms with Gasteiger partial charge < -0.3 is 28.8 Å². The number of fused-ring (bicyclic) bond motifs is 1. The first kappa shape index (κ1) is 30.8. The number of halogens is 2. The molecule has 1 aromatic heterocycles. The van der Waals surface area contributed by atoms with Crippen LogP contribution in [0.15, 0.2) is 52.9 Å². The van der Waals surface area contributed by atoms with E-state index in [1.54, 1.807) is 31.2 Å². The summed E-state index contributed by atoms with van der Waals surface area (Å²) in [7, 11) is -4.27. The summed E-state index contributed by atoms with van der Waals surface area (Å²) in [6.45, 7) is -0.814. The van der Waals surface area contributed by atoms with Gasteiger partial charge in [0.2, 0.25) is 5.78 Å². The molecule has 12 nitrogen and oxygen atoms in total. The molecule has 2 heterocycles. The van der Waals surface area contributed by atoms with E-state index in [0.717, 1.165) is 0 Å². The number of amides is 2. The fourth-order valence-electron chi connectivity index (χ4n) is 4.21. The summed E-state index contributed by atoms with van der Waals surface area (Å²) in [6.07, 6.45) is -2.74. The number of hydrogen-bond acceptors (Lipinski definition) is 10. The van der Waals surface area contributed by atoms with E-state index in [0.29, 0.717) is 11.1 Å². The number of rotatable bonds is 12. The van der Waals surface area contributed by atoms with Crippen molar-refractivity contribution in [3.63, 3.8) is 0 Å². The van der Waals surface area contributed by atoms with E-state index < -0.39 is 57.9 Å². The molecule has 0 bridgehead atoms. The Kier molecular flexibility index (Phi) is 10.1. The van der Waals surface area contributed by atoms with Gasteiger partial charge in [0.1, 0.15) is 11.3 Å². The van der Waals surface area contributed by atoms with E-state index in [-0.39, 0.29) is 49.9 Å². The Balaban J connectivity index is 1.54. The molecule has 4 rings (SSSR count). The van der Waals surface area contributed by atoms with Gasteiger partial charge in [-0.1, -0.05) is 37.3 Å². The molecule has 2 atom stereocenters. The Bertz CT molecular complexity index is 1490. The van der Waals surface area contributed by atoms with Gasteiger partial charge in [-0.15, -0.1) is 0 Å². The van der Waals surface area contributed by atoms with Crippen LogP contribution in [0.25, 0.3) is 11.1 Å².